The minimum Gasteiger partial charge on any atom is -0.425 e. The van der Waals surface area contributed by atoms with E-state index in [9.17, 15) is 9.59 Å². The number of aromatic nitrogens is 1. The van der Waals surface area contributed by atoms with Crippen LogP contribution < -0.4 is 4.74 Å². The van der Waals surface area contributed by atoms with E-state index in [1.807, 2.05) is 25.1 Å². The molecule has 5 heteroatoms. The van der Waals surface area contributed by atoms with Crippen molar-refractivity contribution in [1.82, 2.24) is 9.88 Å². The summed E-state index contributed by atoms with van der Waals surface area (Å²) in [5.41, 5.74) is 1.16. The molecule has 2 aromatic rings. The van der Waals surface area contributed by atoms with E-state index in [0.29, 0.717) is 18.7 Å². The molecule has 0 aliphatic carbocycles. The summed E-state index contributed by atoms with van der Waals surface area (Å²) in [5, 5.41) is 0. The molecule has 1 heterocycles. The summed E-state index contributed by atoms with van der Waals surface area (Å²) in [6, 6.07) is 12.8. The van der Waals surface area contributed by atoms with Gasteiger partial charge in [-0.05, 0) is 49.6 Å². The Kier molecular flexibility index (Phi) is 6.95. The Balaban J connectivity index is 1.77. The zero-order valence-electron chi connectivity index (χ0n) is 13.9. The Morgan fingerprint density at radius 1 is 1.08 bits per heavy atom. The first-order valence-electron chi connectivity index (χ1n) is 8.11. The predicted molar refractivity (Wildman–Crippen MR) is 91.5 cm³/mol. The van der Waals surface area contributed by atoms with Crippen LogP contribution in [0.3, 0.4) is 0 Å². The molecular formula is C19H22N2O3. The van der Waals surface area contributed by atoms with Crippen molar-refractivity contribution in [3.8, 4) is 5.75 Å². The van der Waals surface area contributed by atoms with Crippen LogP contribution in [0.4, 0.5) is 0 Å². The molecule has 0 aliphatic rings. The van der Waals surface area contributed by atoms with Crippen molar-refractivity contribution in [3.05, 3.63) is 60.4 Å². The highest BCUT2D eigenvalue weighted by Crippen LogP contribution is 2.10. The number of carbonyl (C=O) groups is 2. The number of carbonyl (C=O) groups excluding carboxylic acids is 2. The van der Waals surface area contributed by atoms with Crippen molar-refractivity contribution in [2.45, 2.75) is 26.2 Å². The zero-order valence-corrected chi connectivity index (χ0v) is 13.9. The molecule has 0 atom stereocenters. The number of pyridine rings is 1. The first kappa shape index (κ1) is 17.7. The van der Waals surface area contributed by atoms with Crippen LogP contribution in [0.25, 0.3) is 0 Å². The first-order chi connectivity index (χ1) is 11.7. The molecule has 1 amide bonds. The van der Waals surface area contributed by atoms with Crippen molar-refractivity contribution in [1.29, 1.82) is 0 Å². The second-order valence-electron chi connectivity index (χ2n) is 5.40. The average Bonchev–Trinajstić information content (AvgIpc) is 2.61. The van der Waals surface area contributed by atoms with Gasteiger partial charge in [0.05, 0.1) is 0 Å². The van der Waals surface area contributed by atoms with Crippen LogP contribution in [-0.4, -0.2) is 34.8 Å². The topological polar surface area (TPSA) is 59.5 Å². The monoisotopic (exact) mass is 326 g/mol. The number of hydrogen-bond donors (Lipinski definition) is 0. The molecule has 1 aromatic heterocycles. The lowest BCUT2D eigenvalue weighted by atomic mass is 10.1. The summed E-state index contributed by atoms with van der Waals surface area (Å²) in [6.45, 7) is 2.31. The largest absolute Gasteiger partial charge is 0.425 e. The molecule has 0 unspecified atom stereocenters. The van der Waals surface area contributed by atoms with Crippen LogP contribution in [0.15, 0.2) is 54.9 Å². The van der Waals surface area contributed by atoms with Crippen molar-refractivity contribution in [2.75, 3.05) is 13.1 Å². The summed E-state index contributed by atoms with van der Waals surface area (Å²) in [4.78, 5) is 29.7. The Morgan fingerprint density at radius 3 is 2.46 bits per heavy atom. The van der Waals surface area contributed by atoms with Gasteiger partial charge in [-0.25, -0.2) is 4.79 Å². The smallest absolute Gasteiger partial charge is 0.331 e. The molecule has 5 nitrogen and oxygen atoms in total. The van der Waals surface area contributed by atoms with E-state index in [-0.39, 0.29) is 12.5 Å². The van der Waals surface area contributed by atoms with E-state index in [1.165, 1.54) is 4.90 Å². The number of rotatable bonds is 8. The number of hydrogen-bond acceptors (Lipinski definition) is 4. The summed E-state index contributed by atoms with van der Waals surface area (Å²) in [6.07, 6.45) is 5.46. The van der Waals surface area contributed by atoms with Gasteiger partial charge in [0.15, 0.2) is 0 Å². The van der Waals surface area contributed by atoms with Crippen molar-refractivity contribution in [3.63, 3.8) is 0 Å². The maximum atomic E-state index is 12.3. The lowest BCUT2D eigenvalue weighted by molar-refractivity contribution is -0.142. The van der Waals surface area contributed by atoms with Gasteiger partial charge in [-0.1, -0.05) is 18.2 Å². The molecule has 0 aliphatic heterocycles. The summed E-state index contributed by atoms with van der Waals surface area (Å²) in [5.74, 6) is 0.0331. The highest BCUT2D eigenvalue weighted by molar-refractivity contribution is 5.83. The minimum absolute atomic E-state index is 0.0283. The van der Waals surface area contributed by atoms with Gasteiger partial charge >= 0.3 is 5.97 Å². The van der Waals surface area contributed by atoms with E-state index in [1.54, 1.807) is 36.7 Å². The number of likely N-dealkylation sites (N-methyl/N-ethyl adjacent to an activating group) is 1. The normalized spacial score (nSPS) is 10.2. The molecule has 0 N–H and O–H groups in total. The number of nitrogens with zero attached hydrogens (tertiary/aromatic N) is 2. The molecule has 0 spiro atoms. The van der Waals surface area contributed by atoms with Crippen LogP contribution in [-0.2, 0) is 16.0 Å². The maximum Gasteiger partial charge on any atom is 0.331 e. The Morgan fingerprint density at radius 2 is 1.79 bits per heavy atom. The van der Waals surface area contributed by atoms with Gasteiger partial charge in [-0.15, -0.1) is 0 Å². The second-order valence-corrected chi connectivity index (χ2v) is 5.40. The van der Waals surface area contributed by atoms with Crippen LogP contribution in [0.2, 0.25) is 0 Å². The highest BCUT2D eigenvalue weighted by atomic mass is 16.5. The summed E-state index contributed by atoms with van der Waals surface area (Å²) >= 11 is 0. The fraction of sp³-hybridized carbons (Fsp3) is 0.316. The molecular weight excluding hydrogens is 304 g/mol. The van der Waals surface area contributed by atoms with Gasteiger partial charge < -0.3 is 9.64 Å². The van der Waals surface area contributed by atoms with E-state index in [0.717, 1.165) is 18.4 Å². The zero-order chi connectivity index (χ0) is 17.2. The van der Waals surface area contributed by atoms with Crippen LogP contribution >= 0.6 is 0 Å². The first-order valence-corrected chi connectivity index (χ1v) is 8.11. The van der Waals surface area contributed by atoms with Crippen LogP contribution in [0.5, 0.6) is 5.75 Å². The number of aryl methyl sites for hydroxylation is 1. The number of ether oxygens (including phenoxy) is 1. The molecule has 0 saturated heterocycles. The molecule has 1 aromatic carbocycles. The van der Waals surface area contributed by atoms with Gasteiger partial charge in [0.25, 0.3) is 0 Å². The Hall–Kier alpha value is -2.69. The van der Waals surface area contributed by atoms with E-state index in [4.69, 9.17) is 4.74 Å². The van der Waals surface area contributed by atoms with E-state index in [2.05, 4.69) is 4.98 Å². The average molecular weight is 326 g/mol. The van der Waals surface area contributed by atoms with E-state index >= 15 is 0 Å². The number of benzene rings is 1. The van der Waals surface area contributed by atoms with Gasteiger partial charge in [0.2, 0.25) is 5.91 Å². The van der Waals surface area contributed by atoms with Gasteiger partial charge in [0.1, 0.15) is 12.3 Å². The fourth-order valence-corrected chi connectivity index (χ4v) is 2.34. The maximum absolute atomic E-state index is 12.3. The number of para-hydroxylation sites is 1. The molecule has 0 saturated carbocycles. The van der Waals surface area contributed by atoms with Gasteiger partial charge in [0, 0.05) is 25.4 Å². The third-order valence-corrected chi connectivity index (χ3v) is 3.63. The molecule has 0 fully saturated rings. The predicted octanol–water partition coefficient (Wildman–Crippen LogP) is 2.86. The fourth-order valence-electron chi connectivity index (χ4n) is 2.34. The SMILES string of the molecule is CCN(CC(=O)Oc1ccccc1)C(=O)CCCc1ccncc1. The summed E-state index contributed by atoms with van der Waals surface area (Å²) < 4.78 is 5.23. The molecule has 0 radical (unpaired) electrons. The molecule has 2 rings (SSSR count). The van der Waals surface area contributed by atoms with Crippen molar-refractivity contribution in [2.24, 2.45) is 0 Å². The van der Waals surface area contributed by atoms with Crippen LogP contribution in [0.1, 0.15) is 25.3 Å². The van der Waals surface area contributed by atoms with Crippen molar-refractivity contribution < 1.29 is 14.3 Å². The molecule has 0 bridgehead atoms. The molecule has 126 valence electrons. The standard InChI is InChI=1S/C19H22N2O3/c1-2-21(15-19(23)24-17-8-4-3-5-9-17)18(22)10-6-7-16-11-13-20-14-12-16/h3-5,8-9,11-14H,2,6-7,10,15H2,1H3. The lowest BCUT2D eigenvalue weighted by Crippen LogP contribution is -2.37. The highest BCUT2D eigenvalue weighted by Gasteiger charge is 2.16. The second kappa shape index (κ2) is 9.45. The third-order valence-electron chi connectivity index (χ3n) is 3.63. The third kappa shape index (κ3) is 5.83. The van der Waals surface area contributed by atoms with E-state index < -0.39 is 5.97 Å². The Labute approximate surface area is 142 Å². The van der Waals surface area contributed by atoms with Gasteiger partial charge in [-0.2, -0.15) is 0 Å². The number of esters is 1. The minimum atomic E-state index is -0.425. The van der Waals surface area contributed by atoms with Crippen molar-refractivity contribution >= 4 is 11.9 Å². The van der Waals surface area contributed by atoms with Gasteiger partial charge in [-0.3, -0.25) is 9.78 Å². The molecule has 24 heavy (non-hydrogen) atoms. The lowest BCUT2D eigenvalue weighted by Gasteiger charge is -2.19. The quantitative estimate of drug-likeness (QED) is 0.553. The van der Waals surface area contributed by atoms with Crippen LogP contribution in [0, 0.1) is 0 Å². The summed E-state index contributed by atoms with van der Waals surface area (Å²) in [7, 11) is 0. The Bertz CT molecular complexity index is 644. The number of amides is 1.